The summed E-state index contributed by atoms with van der Waals surface area (Å²) in [4.78, 5) is 28.2. The Kier molecular flexibility index (Phi) is 11.1. The third kappa shape index (κ3) is 8.22. The van der Waals surface area contributed by atoms with E-state index in [0.717, 1.165) is 40.4 Å². The molecule has 1 fully saturated rings. The van der Waals surface area contributed by atoms with Crippen molar-refractivity contribution in [2.24, 2.45) is 0 Å². The summed E-state index contributed by atoms with van der Waals surface area (Å²) in [5.74, 6) is 0.598. The molecule has 4 N–H and O–H groups in total. The molecule has 4 aromatic heterocycles. The predicted octanol–water partition coefficient (Wildman–Crippen LogP) is 1.35. The number of aliphatic hydroxyl groups excluding tert-OH is 2. The van der Waals surface area contributed by atoms with Gasteiger partial charge in [0.1, 0.15) is 35.3 Å². The minimum Gasteiger partial charge on any atom is -0.457 e. The van der Waals surface area contributed by atoms with Crippen LogP contribution in [0.15, 0.2) is 80.1 Å². The number of H-pyrrole nitrogens is 1. The summed E-state index contributed by atoms with van der Waals surface area (Å²) in [5, 5.41) is 29.1. The number of aromatic nitrogens is 6. The number of nitrogens with zero attached hydrogens (tertiary/aromatic N) is 6. The number of anilines is 1. The highest BCUT2D eigenvalue weighted by atomic mass is 32.2. The molecule has 1 saturated heterocycles. The monoisotopic (exact) mass is 738 g/mol. The molecule has 1 aliphatic heterocycles. The van der Waals surface area contributed by atoms with Crippen molar-refractivity contribution >= 4 is 38.9 Å². The highest BCUT2D eigenvalue weighted by Gasteiger charge is 2.45. The van der Waals surface area contributed by atoms with Gasteiger partial charge >= 0.3 is 20.8 Å². The molecule has 5 heterocycles. The number of aryl methyl sites for hydroxylation is 2. The number of aromatic amines is 1. The number of pyridine rings is 1. The van der Waals surface area contributed by atoms with Crippen LogP contribution >= 0.6 is 0 Å². The van der Waals surface area contributed by atoms with Gasteiger partial charge in [-0.05, 0) is 43.7 Å². The van der Waals surface area contributed by atoms with E-state index in [0.29, 0.717) is 30.0 Å². The molecule has 1 aromatic carbocycles. The maximum absolute atomic E-state index is 12.3. The zero-order valence-electron chi connectivity index (χ0n) is 28.5. The number of ether oxygens (including phenoxy) is 2. The molecule has 18 heteroatoms. The van der Waals surface area contributed by atoms with Crippen molar-refractivity contribution in [2.75, 3.05) is 24.6 Å². The molecule has 0 radical (unpaired) electrons. The summed E-state index contributed by atoms with van der Waals surface area (Å²) in [6.07, 6.45) is 3.76. The minimum atomic E-state index is -4.56. The number of aliphatic hydroxyl groups is 2. The van der Waals surface area contributed by atoms with Crippen LogP contribution in [0.5, 0.6) is 0 Å². The van der Waals surface area contributed by atoms with Crippen molar-refractivity contribution in [1.82, 2.24) is 24.5 Å². The standard InChI is InChI=1S/C34H39N7O10S/c1-3-38(4-2)25-8-7-23-17-26(50-27(23)18-25)9-6-22-10-14-39(30(16-22)52(46,47)48)12-5-13-40-19-24(36-37-40)21-49-32-31(44)28(20-42)51-33(32)41-15-11-29(43)35-34(41)45/h6-11,14-19,28,31-33,42,44H,3-5,12-13,20-21H2,1-2H3,(H-,35,43,45,46,47,48)/p+1/t28-,31-,32-,33?/m1/s1. The molecule has 1 unspecified atom stereocenters. The Balaban J connectivity index is 1.07. The van der Waals surface area contributed by atoms with E-state index in [9.17, 15) is 32.8 Å². The van der Waals surface area contributed by atoms with Crippen molar-refractivity contribution in [3.8, 4) is 0 Å². The van der Waals surface area contributed by atoms with Crippen molar-refractivity contribution < 1.29 is 41.6 Å². The van der Waals surface area contributed by atoms with Crippen LogP contribution in [0.4, 0.5) is 5.69 Å². The van der Waals surface area contributed by atoms with E-state index in [1.807, 2.05) is 18.2 Å². The predicted molar refractivity (Wildman–Crippen MR) is 187 cm³/mol. The van der Waals surface area contributed by atoms with E-state index < -0.39 is 52.5 Å². The topological polar surface area (TPSA) is 219 Å². The molecule has 52 heavy (non-hydrogen) atoms. The van der Waals surface area contributed by atoms with Crippen molar-refractivity contribution in [3.63, 3.8) is 0 Å². The molecule has 276 valence electrons. The van der Waals surface area contributed by atoms with Gasteiger partial charge in [0.25, 0.3) is 5.56 Å². The summed E-state index contributed by atoms with van der Waals surface area (Å²) in [6, 6.07) is 12.2. The second kappa shape index (κ2) is 15.7. The van der Waals surface area contributed by atoms with Crippen LogP contribution in [0.2, 0.25) is 0 Å². The van der Waals surface area contributed by atoms with Crippen LogP contribution in [0.3, 0.4) is 0 Å². The van der Waals surface area contributed by atoms with Gasteiger partial charge in [-0.3, -0.25) is 23.6 Å². The van der Waals surface area contributed by atoms with Gasteiger partial charge in [-0.25, -0.2) is 4.79 Å². The number of hydrogen-bond donors (Lipinski definition) is 4. The second-order valence-corrected chi connectivity index (χ2v) is 13.6. The first-order chi connectivity index (χ1) is 25.0. The van der Waals surface area contributed by atoms with Gasteiger partial charge in [-0.2, -0.15) is 13.0 Å². The normalized spacial score (nSPS) is 19.2. The fourth-order valence-corrected chi connectivity index (χ4v) is 6.85. The number of benzene rings is 1. The van der Waals surface area contributed by atoms with E-state index >= 15 is 0 Å². The molecule has 0 amide bonds. The first kappa shape index (κ1) is 36.8. The molecule has 0 saturated carbocycles. The molecule has 6 rings (SSSR count). The van der Waals surface area contributed by atoms with E-state index in [4.69, 9.17) is 13.9 Å². The third-order valence-corrected chi connectivity index (χ3v) is 9.67. The zero-order chi connectivity index (χ0) is 37.0. The fraction of sp³-hybridized carbons (Fsp3) is 0.382. The lowest BCUT2D eigenvalue weighted by molar-refractivity contribution is -0.734. The Morgan fingerprint density at radius 3 is 2.65 bits per heavy atom. The first-order valence-corrected chi connectivity index (χ1v) is 18.2. The number of rotatable bonds is 15. The lowest BCUT2D eigenvalue weighted by atomic mass is 10.1. The highest BCUT2D eigenvalue weighted by molar-refractivity contribution is 7.85. The third-order valence-electron chi connectivity index (χ3n) is 8.79. The molecule has 5 aromatic rings. The highest BCUT2D eigenvalue weighted by Crippen LogP contribution is 2.31. The molecule has 4 atom stereocenters. The van der Waals surface area contributed by atoms with Crippen LogP contribution in [0.25, 0.3) is 23.1 Å². The van der Waals surface area contributed by atoms with Gasteiger partial charge in [0.2, 0.25) is 0 Å². The lowest BCUT2D eigenvalue weighted by Gasteiger charge is -2.21. The molecule has 0 aliphatic carbocycles. The van der Waals surface area contributed by atoms with Gasteiger partial charge in [-0.1, -0.05) is 11.3 Å². The number of nitrogens with one attached hydrogen (secondary N) is 1. The van der Waals surface area contributed by atoms with Crippen molar-refractivity contribution in [2.45, 2.75) is 69.5 Å². The van der Waals surface area contributed by atoms with Crippen molar-refractivity contribution in [1.29, 1.82) is 0 Å². The quantitative estimate of drug-likeness (QED) is 0.0882. The van der Waals surface area contributed by atoms with Crippen LogP contribution in [0, 0.1) is 0 Å². The fourth-order valence-electron chi connectivity index (χ4n) is 6.12. The SMILES string of the molecule is CCN(CC)c1ccc2cc(/C=C/c3cc[n+](CCCn4cc(CO[C@H]5C(n6ccc(=O)[nH]c6=O)O[C@H](CO)[C@H]5O)nn4)c(S(=O)(=O)O)c3)oc2c1. The molecule has 1 aliphatic rings. The minimum absolute atomic E-state index is 0.125. The molecule has 17 nitrogen and oxygen atoms in total. The summed E-state index contributed by atoms with van der Waals surface area (Å²) >= 11 is 0. The average Bonchev–Trinajstić information content (AvgIpc) is 3.83. The van der Waals surface area contributed by atoms with E-state index in [1.165, 1.54) is 21.5 Å². The van der Waals surface area contributed by atoms with Gasteiger partial charge in [0.15, 0.2) is 19.0 Å². The van der Waals surface area contributed by atoms with Crippen LogP contribution in [-0.4, -0.2) is 85.7 Å². The Labute approximate surface area is 297 Å². The number of furan rings is 1. The van der Waals surface area contributed by atoms with Crippen molar-refractivity contribution in [3.05, 3.63) is 98.9 Å². The number of hydrogen-bond acceptors (Lipinski definition) is 12. The number of fused-ring (bicyclic) bond motifs is 1. The average molecular weight is 739 g/mol. The summed E-state index contributed by atoms with van der Waals surface area (Å²) in [7, 11) is -4.56. The molecule has 0 spiro atoms. The molecule has 0 bridgehead atoms. The summed E-state index contributed by atoms with van der Waals surface area (Å²) < 4.78 is 56.2. The summed E-state index contributed by atoms with van der Waals surface area (Å²) in [5.41, 5.74) is 1.38. The Morgan fingerprint density at radius 2 is 1.92 bits per heavy atom. The van der Waals surface area contributed by atoms with E-state index in [2.05, 4.69) is 40.1 Å². The maximum atomic E-state index is 12.3. The van der Waals surface area contributed by atoms with Crippen LogP contribution < -0.4 is 20.7 Å². The Hall–Kier alpha value is -4.98. The summed E-state index contributed by atoms with van der Waals surface area (Å²) in [6.45, 7) is 5.86. The van der Waals surface area contributed by atoms with Gasteiger partial charge in [0.05, 0.1) is 19.4 Å². The first-order valence-electron chi connectivity index (χ1n) is 16.7. The van der Waals surface area contributed by atoms with Crippen LogP contribution in [0.1, 0.15) is 43.5 Å². The van der Waals surface area contributed by atoms with Crippen LogP contribution in [-0.2, 0) is 39.3 Å². The van der Waals surface area contributed by atoms with Gasteiger partial charge in [0, 0.05) is 67.6 Å². The lowest BCUT2D eigenvalue weighted by Crippen LogP contribution is -2.40. The molecular weight excluding hydrogens is 698 g/mol. The maximum Gasteiger partial charge on any atom is 0.355 e. The van der Waals surface area contributed by atoms with E-state index in [1.54, 1.807) is 30.6 Å². The second-order valence-electron chi connectivity index (χ2n) is 12.2. The Morgan fingerprint density at radius 1 is 1.12 bits per heavy atom. The van der Waals surface area contributed by atoms with E-state index in [-0.39, 0.29) is 18.2 Å². The smallest absolute Gasteiger partial charge is 0.355 e. The van der Waals surface area contributed by atoms with Gasteiger partial charge < -0.3 is 29.0 Å². The molecular formula is C34H40N7O10S+. The largest absolute Gasteiger partial charge is 0.457 e. The Bertz CT molecular complexity index is 2280. The zero-order valence-corrected chi connectivity index (χ0v) is 29.3. The van der Waals surface area contributed by atoms with Gasteiger partial charge in [-0.15, -0.1) is 5.10 Å².